The van der Waals surface area contributed by atoms with Crippen LogP contribution in [0.4, 0.5) is 11.8 Å². The minimum atomic E-state index is -3.23. The Hall–Kier alpha value is -1.45. The molecule has 9 heteroatoms. The number of hydrogen-bond acceptors (Lipinski definition) is 7. The third-order valence-corrected chi connectivity index (χ3v) is 5.18. The lowest BCUT2D eigenvalue weighted by molar-refractivity contribution is 0.584. The van der Waals surface area contributed by atoms with Gasteiger partial charge in [-0.3, -0.25) is 0 Å². The van der Waals surface area contributed by atoms with Gasteiger partial charge in [-0.2, -0.15) is 4.98 Å². The summed E-state index contributed by atoms with van der Waals surface area (Å²) in [5.74, 6) is 1.17. The minimum Gasteiger partial charge on any atom is -0.368 e. The van der Waals surface area contributed by atoms with Crippen LogP contribution in [-0.4, -0.2) is 44.3 Å². The van der Waals surface area contributed by atoms with Crippen LogP contribution in [0.2, 0.25) is 0 Å². The van der Waals surface area contributed by atoms with Crippen molar-refractivity contribution in [2.45, 2.75) is 13.8 Å². The fourth-order valence-corrected chi connectivity index (χ4v) is 3.72. The second kappa shape index (κ2) is 6.54. The number of anilines is 2. The zero-order valence-electron chi connectivity index (χ0n) is 12.2. The Morgan fingerprint density at radius 3 is 2.76 bits per heavy atom. The van der Waals surface area contributed by atoms with Crippen LogP contribution in [0.25, 0.3) is 10.2 Å². The van der Waals surface area contributed by atoms with Crippen molar-refractivity contribution in [2.75, 3.05) is 36.5 Å². The Morgan fingerprint density at radius 1 is 1.33 bits per heavy atom. The van der Waals surface area contributed by atoms with E-state index in [1.165, 1.54) is 0 Å². The predicted molar refractivity (Wildman–Crippen MR) is 87.7 cm³/mol. The number of aromatic nitrogens is 2. The first kappa shape index (κ1) is 15.9. The number of nitrogens with zero attached hydrogens (tertiary/aromatic N) is 2. The van der Waals surface area contributed by atoms with Crippen molar-refractivity contribution >= 4 is 43.3 Å². The molecule has 0 aliphatic heterocycles. The Labute approximate surface area is 128 Å². The molecule has 7 nitrogen and oxygen atoms in total. The van der Waals surface area contributed by atoms with Crippen LogP contribution < -0.4 is 15.4 Å². The van der Waals surface area contributed by atoms with Gasteiger partial charge in [-0.15, -0.1) is 11.3 Å². The first-order chi connectivity index (χ1) is 9.95. The summed E-state index contributed by atoms with van der Waals surface area (Å²) in [6.07, 6.45) is 0. The standard InChI is InChI=1S/C12H19N5O2S2/c1-4-15-21(18,19)6-5-14-10-9-7-8(2)20-11(9)17-12(13-3)16-10/h7,15H,4-6H2,1-3H3,(H2,13,14,16,17). The van der Waals surface area contributed by atoms with Gasteiger partial charge in [-0.1, -0.05) is 6.92 Å². The maximum Gasteiger partial charge on any atom is 0.225 e. The van der Waals surface area contributed by atoms with E-state index in [2.05, 4.69) is 25.3 Å². The summed E-state index contributed by atoms with van der Waals surface area (Å²) in [6.45, 7) is 4.45. The van der Waals surface area contributed by atoms with Crippen LogP contribution in [0.5, 0.6) is 0 Å². The average Bonchev–Trinajstić information content (AvgIpc) is 2.78. The van der Waals surface area contributed by atoms with Crippen LogP contribution in [0, 0.1) is 6.92 Å². The summed E-state index contributed by atoms with van der Waals surface area (Å²) in [6, 6.07) is 2.00. The van der Waals surface area contributed by atoms with Crippen molar-refractivity contribution in [1.82, 2.24) is 14.7 Å². The molecule has 0 fully saturated rings. The lowest BCUT2D eigenvalue weighted by Gasteiger charge is -2.09. The van der Waals surface area contributed by atoms with E-state index in [4.69, 9.17) is 0 Å². The van der Waals surface area contributed by atoms with E-state index in [-0.39, 0.29) is 5.75 Å². The summed E-state index contributed by atoms with van der Waals surface area (Å²) >= 11 is 1.58. The fourth-order valence-electron chi connectivity index (χ4n) is 1.88. The van der Waals surface area contributed by atoms with Crippen LogP contribution in [0.3, 0.4) is 0 Å². The van der Waals surface area contributed by atoms with Gasteiger partial charge in [0.25, 0.3) is 0 Å². The van der Waals surface area contributed by atoms with Gasteiger partial charge < -0.3 is 10.6 Å². The Bertz CT molecular complexity index is 727. The number of aryl methyl sites for hydroxylation is 1. The topological polar surface area (TPSA) is 96.0 Å². The van der Waals surface area contributed by atoms with Crippen LogP contribution >= 0.6 is 11.3 Å². The highest BCUT2D eigenvalue weighted by molar-refractivity contribution is 7.89. The van der Waals surface area contributed by atoms with Crippen LogP contribution in [-0.2, 0) is 10.0 Å². The number of sulfonamides is 1. The summed E-state index contributed by atoms with van der Waals surface area (Å²) in [7, 11) is -1.48. The van der Waals surface area contributed by atoms with Gasteiger partial charge in [0.1, 0.15) is 10.6 Å². The molecule has 0 aliphatic carbocycles. The molecule has 0 atom stereocenters. The number of thiophene rings is 1. The molecule has 0 radical (unpaired) electrons. The van der Waals surface area contributed by atoms with Crippen molar-refractivity contribution in [2.24, 2.45) is 0 Å². The highest BCUT2D eigenvalue weighted by Crippen LogP contribution is 2.29. The molecule has 0 saturated carbocycles. The monoisotopic (exact) mass is 329 g/mol. The van der Waals surface area contributed by atoms with Gasteiger partial charge in [-0.25, -0.2) is 18.1 Å². The van der Waals surface area contributed by atoms with Crippen LogP contribution in [0.15, 0.2) is 6.07 Å². The highest BCUT2D eigenvalue weighted by Gasteiger charge is 2.12. The maximum atomic E-state index is 11.6. The number of hydrogen-bond donors (Lipinski definition) is 3. The molecule has 2 aromatic heterocycles. The molecule has 0 amide bonds. The SMILES string of the molecule is CCNS(=O)(=O)CCNc1nc(NC)nc2sc(C)cc12. The van der Waals surface area contributed by atoms with Gasteiger partial charge in [0.2, 0.25) is 16.0 Å². The molecule has 0 unspecified atom stereocenters. The number of rotatable bonds is 7. The predicted octanol–water partition coefficient (Wildman–Crippen LogP) is 1.39. The summed E-state index contributed by atoms with van der Waals surface area (Å²) in [5.41, 5.74) is 0. The van der Waals surface area contributed by atoms with Crippen molar-refractivity contribution in [1.29, 1.82) is 0 Å². The van der Waals surface area contributed by atoms with Crippen molar-refractivity contribution in [3.8, 4) is 0 Å². The Morgan fingerprint density at radius 2 is 2.10 bits per heavy atom. The molecule has 0 spiro atoms. The fraction of sp³-hybridized carbons (Fsp3) is 0.500. The second-order valence-corrected chi connectivity index (χ2v) is 7.63. The maximum absolute atomic E-state index is 11.6. The van der Waals surface area contributed by atoms with Gasteiger partial charge in [0, 0.05) is 25.0 Å². The van der Waals surface area contributed by atoms with Gasteiger partial charge in [-0.05, 0) is 13.0 Å². The molecule has 0 aromatic carbocycles. The summed E-state index contributed by atoms with van der Waals surface area (Å²) in [5, 5.41) is 6.91. The third-order valence-electron chi connectivity index (χ3n) is 2.77. The molecular formula is C12H19N5O2S2. The smallest absolute Gasteiger partial charge is 0.225 e. The van der Waals surface area contributed by atoms with E-state index in [9.17, 15) is 8.42 Å². The lowest BCUT2D eigenvalue weighted by Crippen LogP contribution is -2.29. The molecule has 3 N–H and O–H groups in total. The van der Waals surface area contributed by atoms with E-state index < -0.39 is 10.0 Å². The number of nitrogens with one attached hydrogen (secondary N) is 3. The van der Waals surface area contributed by atoms with Gasteiger partial charge >= 0.3 is 0 Å². The van der Waals surface area contributed by atoms with E-state index in [0.717, 1.165) is 15.1 Å². The Balaban J connectivity index is 2.17. The van der Waals surface area contributed by atoms with E-state index in [1.807, 2.05) is 13.0 Å². The molecule has 0 saturated heterocycles. The largest absolute Gasteiger partial charge is 0.368 e. The van der Waals surface area contributed by atoms with Crippen molar-refractivity contribution in [3.05, 3.63) is 10.9 Å². The lowest BCUT2D eigenvalue weighted by atomic mass is 10.3. The van der Waals surface area contributed by atoms with Crippen molar-refractivity contribution < 1.29 is 8.42 Å². The zero-order valence-corrected chi connectivity index (χ0v) is 13.9. The molecule has 21 heavy (non-hydrogen) atoms. The normalized spacial score (nSPS) is 11.8. The Kier molecular flexibility index (Phi) is 4.96. The molecule has 0 bridgehead atoms. The summed E-state index contributed by atoms with van der Waals surface area (Å²) in [4.78, 5) is 10.8. The first-order valence-corrected chi connectivity index (χ1v) is 9.09. The number of fused-ring (bicyclic) bond motifs is 1. The van der Waals surface area contributed by atoms with E-state index in [1.54, 1.807) is 25.3 Å². The molecule has 2 rings (SSSR count). The highest BCUT2D eigenvalue weighted by atomic mass is 32.2. The summed E-state index contributed by atoms with van der Waals surface area (Å²) < 4.78 is 25.7. The second-order valence-electron chi connectivity index (χ2n) is 4.47. The van der Waals surface area contributed by atoms with Crippen LogP contribution in [0.1, 0.15) is 11.8 Å². The minimum absolute atomic E-state index is 0.00431. The quantitative estimate of drug-likeness (QED) is 0.710. The van der Waals surface area contributed by atoms with E-state index in [0.29, 0.717) is 24.9 Å². The average molecular weight is 329 g/mol. The molecular weight excluding hydrogens is 310 g/mol. The zero-order chi connectivity index (χ0) is 15.5. The van der Waals surface area contributed by atoms with Gasteiger partial charge in [0.05, 0.1) is 11.1 Å². The van der Waals surface area contributed by atoms with Gasteiger partial charge in [0.15, 0.2) is 0 Å². The van der Waals surface area contributed by atoms with Crippen molar-refractivity contribution in [3.63, 3.8) is 0 Å². The first-order valence-electron chi connectivity index (χ1n) is 6.62. The molecule has 2 heterocycles. The molecule has 116 valence electrons. The van der Waals surface area contributed by atoms with E-state index >= 15 is 0 Å². The third kappa shape index (κ3) is 4.02. The molecule has 0 aliphatic rings. The molecule has 2 aromatic rings.